The molecule has 0 radical (unpaired) electrons. The zero-order chi connectivity index (χ0) is 21.1. The fraction of sp³-hybridized carbons (Fsp3) is 0.160. The maximum absolute atomic E-state index is 9.41. The van der Waals surface area contributed by atoms with Crippen LogP contribution in [-0.4, -0.2) is 24.8 Å². The maximum Gasteiger partial charge on any atom is 0.119 e. The molecular formula is C25H24N4O. The van der Waals surface area contributed by atoms with Gasteiger partial charge in [-0.25, -0.2) is 0 Å². The molecule has 0 saturated heterocycles. The van der Waals surface area contributed by atoms with Crippen molar-refractivity contribution in [3.05, 3.63) is 78.0 Å². The molecule has 0 amide bonds. The Kier molecular flexibility index (Phi) is 5.42. The van der Waals surface area contributed by atoms with Crippen molar-refractivity contribution in [1.82, 2.24) is 9.88 Å². The molecule has 5 nitrogen and oxygen atoms in total. The van der Waals surface area contributed by atoms with E-state index in [1.54, 1.807) is 0 Å². The zero-order valence-corrected chi connectivity index (χ0v) is 17.1. The first kappa shape index (κ1) is 19.6. The second-order valence-corrected chi connectivity index (χ2v) is 7.22. The number of benzene rings is 3. The molecule has 0 unspecified atom stereocenters. The van der Waals surface area contributed by atoms with Crippen molar-refractivity contribution in [2.75, 3.05) is 25.9 Å². The second-order valence-electron chi connectivity index (χ2n) is 7.22. The smallest absolute Gasteiger partial charge is 0.119 e. The molecule has 150 valence electrons. The summed E-state index contributed by atoms with van der Waals surface area (Å²) < 4.78 is 7.88. The molecule has 0 saturated carbocycles. The van der Waals surface area contributed by atoms with E-state index in [-0.39, 0.29) is 0 Å². The van der Waals surface area contributed by atoms with Gasteiger partial charge in [0.05, 0.1) is 17.1 Å². The van der Waals surface area contributed by atoms with Crippen molar-refractivity contribution in [1.29, 1.82) is 5.26 Å². The first-order valence-corrected chi connectivity index (χ1v) is 9.91. The Morgan fingerprint density at radius 3 is 2.60 bits per heavy atom. The average molecular weight is 396 g/mol. The Morgan fingerprint density at radius 2 is 1.87 bits per heavy atom. The number of nitriles is 1. The van der Waals surface area contributed by atoms with Gasteiger partial charge < -0.3 is 20.4 Å². The lowest BCUT2D eigenvalue weighted by molar-refractivity contribution is 0.318. The van der Waals surface area contributed by atoms with Crippen molar-refractivity contribution in [3.8, 4) is 28.6 Å². The molecule has 30 heavy (non-hydrogen) atoms. The number of likely N-dealkylation sites (N-methyl/N-ethyl adjacent to an activating group) is 1. The highest BCUT2D eigenvalue weighted by atomic mass is 16.5. The average Bonchev–Trinajstić information content (AvgIpc) is 3.15. The predicted octanol–water partition coefficient (Wildman–Crippen LogP) is 4.66. The monoisotopic (exact) mass is 396 g/mol. The van der Waals surface area contributed by atoms with Gasteiger partial charge in [0, 0.05) is 35.1 Å². The van der Waals surface area contributed by atoms with Gasteiger partial charge in [0.2, 0.25) is 0 Å². The van der Waals surface area contributed by atoms with Crippen molar-refractivity contribution >= 4 is 16.6 Å². The summed E-state index contributed by atoms with van der Waals surface area (Å²) in [7, 11) is 1.90. The van der Waals surface area contributed by atoms with Crippen molar-refractivity contribution < 1.29 is 4.74 Å². The van der Waals surface area contributed by atoms with Crippen LogP contribution in [0.15, 0.2) is 66.9 Å². The molecule has 0 spiro atoms. The van der Waals surface area contributed by atoms with Gasteiger partial charge >= 0.3 is 0 Å². The van der Waals surface area contributed by atoms with Crippen LogP contribution < -0.4 is 15.8 Å². The maximum atomic E-state index is 9.41. The lowest BCUT2D eigenvalue weighted by atomic mass is 9.98. The summed E-state index contributed by atoms with van der Waals surface area (Å²) in [4.78, 5) is 0. The number of nitrogens with one attached hydrogen (secondary N) is 1. The fourth-order valence-corrected chi connectivity index (χ4v) is 3.65. The summed E-state index contributed by atoms with van der Waals surface area (Å²) in [5.74, 6) is 0.837. The minimum Gasteiger partial charge on any atom is -0.492 e. The van der Waals surface area contributed by atoms with Crippen molar-refractivity contribution in [3.63, 3.8) is 0 Å². The van der Waals surface area contributed by atoms with Crippen LogP contribution in [0.4, 0.5) is 5.69 Å². The number of ether oxygens (including phenoxy) is 1. The van der Waals surface area contributed by atoms with Gasteiger partial charge in [-0.2, -0.15) is 5.26 Å². The summed E-state index contributed by atoms with van der Waals surface area (Å²) in [6.45, 7) is 3.45. The summed E-state index contributed by atoms with van der Waals surface area (Å²) in [5, 5.41) is 13.5. The van der Waals surface area contributed by atoms with Crippen LogP contribution in [0.3, 0.4) is 0 Å². The molecule has 0 atom stereocenters. The van der Waals surface area contributed by atoms with Gasteiger partial charge in [0.25, 0.3) is 0 Å². The van der Waals surface area contributed by atoms with Crippen molar-refractivity contribution in [2.45, 2.75) is 6.92 Å². The molecule has 5 heteroatoms. The van der Waals surface area contributed by atoms with Gasteiger partial charge in [0.15, 0.2) is 0 Å². The highest BCUT2D eigenvalue weighted by Gasteiger charge is 2.15. The van der Waals surface area contributed by atoms with Crippen LogP contribution in [0.2, 0.25) is 0 Å². The lowest BCUT2D eigenvalue weighted by Gasteiger charge is -2.09. The number of hydrogen-bond donors (Lipinski definition) is 2. The van der Waals surface area contributed by atoms with Crippen molar-refractivity contribution in [2.24, 2.45) is 0 Å². The van der Waals surface area contributed by atoms with Gasteiger partial charge in [-0.05, 0) is 73.6 Å². The molecule has 0 fully saturated rings. The van der Waals surface area contributed by atoms with E-state index in [4.69, 9.17) is 10.5 Å². The molecular weight excluding hydrogens is 372 g/mol. The number of fused-ring (bicyclic) bond motifs is 1. The second kappa shape index (κ2) is 8.32. The van der Waals surface area contributed by atoms with Crippen LogP contribution in [0.25, 0.3) is 27.7 Å². The highest BCUT2D eigenvalue weighted by Crippen LogP contribution is 2.36. The molecule has 0 aliphatic rings. The van der Waals surface area contributed by atoms with E-state index < -0.39 is 0 Å². The Morgan fingerprint density at radius 1 is 1.07 bits per heavy atom. The first-order chi connectivity index (χ1) is 14.6. The van der Waals surface area contributed by atoms with E-state index in [0.717, 1.165) is 51.3 Å². The largest absolute Gasteiger partial charge is 0.492 e. The fourth-order valence-electron chi connectivity index (χ4n) is 3.65. The van der Waals surface area contributed by atoms with E-state index in [1.807, 2.05) is 68.6 Å². The summed E-state index contributed by atoms with van der Waals surface area (Å²) >= 11 is 0. The van der Waals surface area contributed by atoms with Crippen LogP contribution in [0.1, 0.15) is 11.1 Å². The number of nitrogens with zero attached hydrogens (tertiary/aromatic N) is 2. The molecule has 1 aromatic heterocycles. The number of hydrogen-bond acceptors (Lipinski definition) is 4. The molecule has 0 aliphatic carbocycles. The van der Waals surface area contributed by atoms with Gasteiger partial charge in [-0.1, -0.05) is 12.1 Å². The Balaban J connectivity index is 1.83. The normalized spacial score (nSPS) is 10.8. The summed E-state index contributed by atoms with van der Waals surface area (Å²) in [6, 6.07) is 22.0. The number of rotatable bonds is 6. The van der Waals surface area contributed by atoms with E-state index >= 15 is 0 Å². The molecule has 0 bridgehead atoms. The number of nitrogen functional groups attached to an aromatic ring is 1. The van der Waals surface area contributed by atoms with Gasteiger partial charge in [-0.15, -0.1) is 0 Å². The predicted molar refractivity (Wildman–Crippen MR) is 122 cm³/mol. The lowest BCUT2D eigenvalue weighted by Crippen LogP contribution is -2.15. The molecule has 3 aromatic carbocycles. The summed E-state index contributed by atoms with van der Waals surface area (Å²) in [5.41, 5.74) is 12.8. The zero-order valence-electron chi connectivity index (χ0n) is 17.1. The topological polar surface area (TPSA) is 76.0 Å². The number of aromatic nitrogens is 1. The molecule has 3 N–H and O–H groups in total. The SMILES string of the molecule is CNCCOc1ccc(-n2cc(-c3cccc(N)c3C)c3cc(C#N)ccc32)cc1. The van der Waals surface area contributed by atoms with E-state index in [9.17, 15) is 5.26 Å². The molecule has 0 aliphatic heterocycles. The third-order valence-electron chi connectivity index (χ3n) is 5.34. The van der Waals surface area contributed by atoms with E-state index in [2.05, 4.69) is 28.2 Å². The molecule has 1 heterocycles. The Hall–Kier alpha value is -3.75. The minimum atomic E-state index is 0.623. The third-order valence-corrected chi connectivity index (χ3v) is 5.34. The molecule has 4 aromatic rings. The Bertz CT molecular complexity index is 1230. The van der Waals surface area contributed by atoms with Crippen LogP contribution >= 0.6 is 0 Å². The standard InChI is InChI=1S/C25H24N4O/c1-17-21(4-3-5-24(17)27)23-16-29(25-11-6-18(15-26)14-22(23)25)19-7-9-20(10-8-19)30-13-12-28-2/h3-11,14,16,28H,12-13,27H2,1-2H3. The number of nitrogens with two attached hydrogens (primary N) is 1. The molecule has 4 rings (SSSR count). The first-order valence-electron chi connectivity index (χ1n) is 9.91. The third kappa shape index (κ3) is 3.61. The van der Waals surface area contributed by atoms with Gasteiger partial charge in [0.1, 0.15) is 12.4 Å². The van der Waals surface area contributed by atoms with E-state index in [0.29, 0.717) is 12.2 Å². The van der Waals surface area contributed by atoms with Gasteiger partial charge in [-0.3, -0.25) is 0 Å². The minimum absolute atomic E-state index is 0.623. The quantitative estimate of drug-likeness (QED) is 0.367. The highest BCUT2D eigenvalue weighted by molar-refractivity contribution is 5.99. The van der Waals surface area contributed by atoms with Crippen LogP contribution in [0, 0.1) is 18.3 Å². The Labute approximate surface area is 176 Å². The van der Waals surface area contributed by atoms with Crippen LogP contribution in [0.5, 0.6) is 5.75 Å². The van der Waals surface area contributed by atoms with E-state index in [1.165, 1.54) is 0 Å². The van der Waals surface area contributed by atoms with Crippen LogP contribution in [-0.2, 0) is 0 Å². The summed E-state index contributed by atoms with van der Waals surface area (Å²) in [6.07, 6.45) is 2.12. The number of anilines is 1.